The van der Waals surface area contributed by atoms with Crippen molar-refractivity contribution in [1.29, 1.82) is 0 Å². The van der Waals surface area contributed by atoms with E-state index >= 15 is 0 Å². The van der Waals surface area contributed by atoms with Gasteiger partial charge in [-0.2, -0.15) is 5.10 Å². The molecule has 0 fully saturated rings. The van der Waals surface area contributed by atoms with Crippen LogP contribution < -0.4 is 16.4 Å². The van der Waals surface area contributed by atoms with Crippen LogP contribution in [0.25, 0.3) is 22.0 Å². The van der Waals surface area contributed by atoms with Gasteiger partial charge in [0.2, 0.25) is 0 Å². The average molecular weight is 361 g/mol. The van der Waals surface area contributed by atoms with Crippen molar-refractivity contribution in [2.75, 3.05) is 10.6 Å². The van der Waals surface area contributed by atoms with E-state index in [0.29, 0.717) is 17.2 Å². The maximum absolute atomic E-state index is 13.2. The fourth-order valence-corrected chi connectivity index (χ4v) is 3.12. The highest BCUT2D eigenvalue weighted by atomic mass is 19.1. The first kappa shape index (κ1) is 16.6. The van der Waals surface area contributed by atoms with Crippen molar-refractivity contribution in [3.8, 4) is 11.1 Å². The third-order valence-corrected chi connectivity index (χ3v) is 4.36. The number of halogens is 1. The molecule has 0 aliphatic rings. The largest absolute Gasteiger partial charge is 0.382 e. The number of carbonyl (C=O) groups excluding carboxylic acids is 1. The Labute approximate surface area is 154 Å². The second kappa shape index (κ2) is 6.45. The van der Waals surface area contributed by atoms with Gasteiger partial charge in [0.15, 0.2) is 5.82 Å². The highest BCUT2D eigenvalue weighted by Crippen LogP contribution is 2.33. The van der Waals surface area contributed by atoms with Crippen molar-refractivity contribution in [2.24, 2.45) is 5.73 Å². The monoisotopic (exact) mass is 361 g/mol. The normalized spacial score (nSPS) is 10.9. The molecule has 0 atom stereocenters. The second-order valence-corrected chi connectivity index (χ2v) is 6.03. The van der Waals surface area contributed by atoms with Gasteiger partial charge in [-0.15, -0.1) is 0 Å². The molecular weight excluding hydrogens is 345 g/mol. The lowest BCUT2D eigenvalue weighted by atomic mass is 10.0. The summed E-state index contributed by atoms with van der Waals surface area (Å²) < 4.78 is 13.2. The number of benzene rings is 3. The molecule has 27 heavy (non-hydrogen) atoms. The molecular formula is C20H16FN5O. The van der Waals surface area contributed by atoms with E-state index in [1.807, 2.05) is 30.3 Å². The number of urea groups is 1. The number of aromatic nitrogens is 2. The van der Waals surface area contributed by atoms with Gasteiger partial charge in [-0.3, -0.25) is 10.00 Å². The first-order valence-corrected chi connectivity index (χ1v) is 8.23. The van der Waals surface area contributed by atoms with Crippen LogP contribution in [0.2, 0.25) is 0 Å². The topological polar surface area (TPSA) is 101 Å². The molecule has 3 aromatic carbocycles. The smallest absolute Gasteiger partial charge is 0.323 e. The Morgan fingerprint density at radius 3 is 2.22 bits per heavy atom. The molecule has 4 aromatic rings. The number of rotatable bonds is 3. The van der Waals surface area contributed by atoms with E-state index in [9.17, 15) is 9.18 Å². The zero-order valence-corrected chi connectivity index (χ0v) is 14.2. The van der Waals surface area contributed by atoms with Crippen LogP contribution in [-0.2, 0) is 0 Å². The van der Waals surface area contributed by atoms with Gasteiger partial charge in [-0.25, -0.2) is 9.18 Å². The number of fused-ring (bicyclic) bond motifs is 1. The van der Waals surface area contributed by atoms with Gasteiger partial charge in [0, 0.05) is 0 Å². The van der Waals surface area contributed by atoms with E-state index < -0.39 is 6.03 Å². The van der Waals surface area contributed by atoms with Crippen molar-refractivity contribution < 1.29 is 9.18 Å². The summed E-state index contributed by atoms with van der Waals surface area (Å²) >= 11 is 0. The van der Waals surface area contributed by atoms with Gasteiger partial charge >= 0.3 is 6.03 Å². The molecule has 0 aliphatic carbocycles. The summed E-state index contributed by atoms with van der Waals surface area (Å²) in [6, 6.07) is 18.0. The summed E-state index contributed by atoms with van der Waals surface area (Å²) in [4.78, 5) is 13.3. The molecule has 0 saturated carbocycles. The lowest BCUT2D eigenvalue weighted by Gasteiger charge is -2.21. The Morgan fingerprint density at radius 1 is 0.963 bits per heavy atom. The van der Waals surface area contributed by atoms with Gasteiger partial charge in [-0.05, 0) is 53.6 Å². The van der Waals surface area contributed by atoms with Crippen molar-refractivity contribution in [3.05, 3.63) is 72.5 Å². The number of amides is 2. The van der Waals surface area contributed by atoms with Gasteiger partial charge in [0.25, 0.3) is 0 Å². The van der Waals surface area contributed by atoms with Crippen molar-refractivity contribution in [1.82, 2.24) is 10.2 Å². The molecule has 0 radical (unpaired) electrons. The van der Waals surface area contributed by atoms with Crippen LogP contribution in [0.15, 0.2) is 66.7 Å². The van der Waals surface area contributed by atoms with Gasteiger partial charge in [-0.1, -0.05) is 24.3 Å². The van der Waals surface area contributed by atoms with E-state index in [1.165, 1.54) is 29.2 Å². The SMILES string of the molecule is NC(=O)N(c1ccc(F)cc1)c1ccc(-c2cccc3[nH]nc(N)c23)cc1. The fourth-order valence-electron chi connectivity index (χ4n) is 3.12. The first-order valence-electron chi connectivity index (χ1n) is 8.23. The van der Waals surface area contributed by atoms with Crippen LogP contribution in [0, 0.1) is 5.82 Å². The molecule has 2 amide bonds. The lowest BCUT2D eigenvalue weighted by molar-refractivity contribution is 0.256. The maximum atomic E-state index is 13.2. The third-order valence-electron chi connectivity index (χ3n) is 4.36. The molecule has 5 N–H and O–H groups in total. The molecule has 0 aliphatic heterocycles. The molecule has 7 heteroatoms. The number of nitrogens with one attached hydrogen (secondary N) is 1. The molecule has 0 saturated heterocycles. The van der Waals surface area contributed by atoms with Gasteiger partial charge < -0.3 is 11.5 Å². The van der Waals surface area contributed by atoms with E-state index in [-0.39, 0.29) is 5.82 Å². The standard InChI is InChI=1S/C20H16FN5O/c21-13-6-10-15(11-7-13)26(20(23)27)14-8-4-12(5-9-14)16-2-1-3-17-18(16)19(22)25-24-17/h1-11H,(H2,23,27)(H3,22,24,25). The summed E-state index contributed by atoms with van der Waals surface area (Å²) in [7, 11) is 0. The zero-order chi connectivity index (χ0) is 19.0. The average Bonchev–Trinajstić information content (AvgIpc) is 3.05. The number of nitrogens with two attached hydrogens (primary N) is 2. The number of aromatic amines is 1. The van der Waals surface area contributed by atoms with Crippen molar-refractivity contribution in [3.63, 3.8) is 0 Å². The number of nitrogens with zero attached hydrogens (tertiary/aromatic N) is 2. The lowest BCUT2D eigenvalue weighted by Crippen LogP contribution is -2.31. The predicted molar refractivity (Wildman–Crippen MR) is 104 cm³/mol. The number of hydrogen-bond acceptors (Lipinski definition) is 3. The van der Waals surface area contributed by atoms with Crippen LogP contribution in [0.4, 0.5) is 26.4 Å². The Morgan fingerprint density at radius 2 is 1.59 bits per heavy atom. The van der Waals surface area contributed by atoms with Crippen LogP contribution >= 0.6 is 0 Å². The third kappa shape index (κ3) is 2.95. The molecule has 1 aromatic heterocycles. The Kier molecular flexibility index (Phi) is 3.97. The number of carbonyl (C=O) groups is 1. The Hall–Kier alpha value is -3.87. The summed E-state index contributed by atoms with van der Waals surface area (Å²) in [6.07, 6.45) is 0. The summed E-state index contributed by atoms with van der Waals surface area (Å²) in [6.45, 7) is 0. The number of primary amides is 1. The number of H-pyrrole nitrogens is 1. The molecule has 4 rings (SSSR count). The zero-order valence-electron chi connectivity index (χ0n) is 14.2. The highest BCUT2D eigenvalue weighted by molar-refractivity contribution is 6.02. The van der Waals surface area contributed by atoms with Gasteiger partial charge in [0.1, 0.15) is 5.82 Å². The molecule has 0 bridgehead atoms. The van der Waals surface area contributed by atoms with E-state index in [0.717, 1.165) is 22.0 Å². The molecule has 6 nitrogen and oxygen atoms in total. The minimum atomic E-state index is -0.657. The number of nitrogen functional groups attached to an aromatic ring is 1. The summed E-state index contributed by atoms with van der Waals surface area (Å²) in [5, 5.41) is 7.79. The maximum Gasteiger partial charge on any atom is 0.323 e. The number of hydrogen-bond donors (Lipinski definition) is 3. The second-order valence-electron chi connectivity index (χ2n) is 6.03. The van der Waals surface area contributed by atoms with E-state index in [2.05, 4.69) is 10.2 Å². The molecule has 134 valence electrons. The van der Waals surface area contributed by atoms with Crippen LogP contribution in [-0.4, -0.2) is 16.2 Å². The number of anilines is 3. The van der Waals surface area contributed by atoms with Gasteiger partial charge in [0.05, 0.1) is 22.3 Å². The molecule has 0 spiro atoms. The molecule has 1 heterocycles. The van der Waals surface area contributed by atoms with Crippen LogP contribution in [0.3, 0.4) is 0 Å². The first-order chi connectivity index (χ1) is 13.0. The summed E-state index contributed by atoms with van der Waals surface area (Å²) in [5.74, 6) is 0.0408. The minimum Gasteiger partial charge on any atom is -0.382 e. The van der Waals surface area contributed by atoms with Crippen molar-refractivity contribution >= 4 is 34.1 Å². The van der Waals surface area contributed by atoms with Crippen molar-refractivity contribution in [2.45, 2.75) is 0 Å². The highest BCUT2D eigenvalue weighted by Gasteiger charge is 2.16. The Bertz CT molecular complexity index is 1120. The van der Waals surface area contributed by atoms with Crippen LogP contribution in [0.1, 0.15) is 0 Å². The fraction of sp³-hybridized carbons (Fsp3) is 0. The quantitative estimate of drug-likeness (QED) is 0.510. The molecule has 0 unspecified atom stereocenters. The van der Waals surface area contributed by atoms with E-state index in [4.69, 9.17) is 11.5 Å². The van der Waals surface area contributed by atoms with Crippen LogP contribution in [0.5, 0.6) is 0 Å². The van der Waals surface area contributed by atoms with E-state index in [1.54, 1.807) is 12.1 Å². The summed E-state index contributed by atoms with van der Waals surface area (Å²) in [5.41, 5.74) is 15.3. The predicted octanol–water partition coefficient (Wildman–Crippen LogP) is 4.17. The minimum absolute atomic E-state index is 0.385. The Balaban J connectivity index is 1.75.